The summed E-state index contributed by atoms with van der Waals surface area (Å²) in [7, 11) is 0. The smallest absolute Gasteiger partial charge is 0.300 e. The number of carbonyl (C=O) groups is 2. The summed E-state index contributed by atoms with van der Waals surface area (Å²) >= 11 is 0. The van der Waals surface area contributed by atoms with E-state index in [0.29, 0.717) is 23.8 Å². The standard InChI is InChI=1S/C34H40N2O4/c1-8-35(9-2)27-13-10-25(11-14-27)31-30(32(37)26-12-15-29(24(7)19-26)40-20-21(3)4)33(38)34(39)36(31)28-17-22(5)16-23(6)18-28/h10-19,21,31,37H,8-9,20H2,1-7H3/b32-30-. The number of hydrogen-bond acceptors (Lipinski definition) is 5. The average Bonchev–Trinajstić information content (AvgIpc) is 3.18. The van der Waals surface area contributed by atoms with Crippen LogP contribution in [0.25, 0.3) is 5.76 Å². The summed E-state index contributed by atoms with van der Waals surface area (Å²) in [6.07, 6.45) is 0. The van der Waals surface area contributed by atoms with Gasteiger partial charge in [-0.05, 0) is 105 Å². The van der Waals surface area contributed by atoms with Gasteiger partial charge in [0, 0.05) is 30.0 Å². The third-order valence-corrected chi connectivity index (χ3v) is 7.29. The van der Waals surface area contributed by atoms with Crippen molar-refractivity contribution in [2.45, 2.75) is 54.5 Å². The molecule has 3 aromatic rings. The highest BCUT2D eigenvalue weighted by atomic mass is 16.5. The average molecular weight is 541 g/mol. The second-order valence-electron chi connectivity index (χ2n) is 11.0. The summed E-state index contributed by atoms with van der Waals surface area (Å²) in [5.41, 5.74) is 5.81. The van der Waals surface area contributed by atoms with Gasteiger partial charge < -0.3 is 14.7 Å². The van der Waals surface area contributed by atoms with E-state index in [2.05, 4.69) is 32.6 Å². The number of carbonyl (C=O) groups excluding carboxylic acids is 2. The first-order valence-corrected chi connectivity index (χ1v) is 14.0. The summed E-state index contributed by atoms with van der Waals surface area (Å²) in [5.74, 6) is -0.446. The first-order valence-electron chi connectivity index (χ1n) is 14.0. The Kier molecular flexibility index (Phi) is 8.67. The number of nitrogens with zero attached hydrogens (tertiary/aromatic N) is 2. The highest BCUT2D eigenvalue weighted by Crippen LogP contribution is 2.43. The minimum absolute atomic E-state index is 0.0787. The van der Waals surface area contributed by atoms with Crippen molar-refractivity contribution in [2.24, 2.45) is 5.92 Å². The number of hydrogen-bond donors (Lipinski definition) is 1. The number of aliphatic hydroxyl groups excluding tert-OH is 1. The lowest BCUT2D eigenvalue weighted by Crippen LogP contribution is -2.29. The van der Waals surface area contributed by atoms with Crippen molar-refractivity contribution in [1.82, 2.24) is 0 Å². The van der Waals surface area contributed by atoms with Gasteiger partial charge in [0.1, 0.15) is 11.5 Å². The highest BCUT2D eigenvalue weighted by Gasteiger charge is 2.47. The van der Waals surface area contributed by atoms with Crippen LogP contribution in [0.2, 0.25) is 0 Å². The third kappa shape index (κ3) is 5.76. The second kappa shape index (κ2) is 12.0. The Morgan fingerprint density at radius 3 is 2.10 bits per heavy atom. The van der Waals surface area contributed by atoms with Crippen LogP contribution >= 0.6 is 0 Å². The molecule has 6 heteroatoms. The molecule has 0 aliphatic carbocycles. The van der Waals surface area contributed by atoms with Crippen molar-refractivity contribution in [3.05, 3.63) is 94.1 Å². The van der Waals surface area contributed by atoms with Crippen molar-refractivity contribution in [2.75, 3.05) is 29.5 Å². The first-order chi connectivity index (χ1) is 19.0. The molecule has 1 aliphatic rings. The summed E-state index contributed by atoms with van der Waals surface area (Å²) in [4.78, 5) is 31.0. The number of anilines is 2. The molecule has 1 unspecified atom stereocenters. The molecule has 0 spiro atoms. The molecule has 210 valence electrons. The second-order valence-corrected chi connectivity index (χ2v) is 11.0. The Morgan fingerprint density at radius 1 is 0.925 bits per heavy atom. The Bertz CT molecular complexity index is 1410. The maximum Gasteiger partial charge on any atom is 0.300 e. The van der Waals surface area contributed by atoms with Crippen LogP contribution in [0.5, 0.6) is 5.75 Å². The van der Waals surface area contributed by atoms with Gasteiger partial charge >= 0.3 is 0 Å². The van der Waals surface area contributed by atoms with Crippen LogP contribution < -0.4 is 14.5 Å². The molecule has 0 aromatic heterocycles. The van der Waals surface area contributed by atoms with Gasteiger partial charge in [-0.15, -0.1) is 0 Å². The van der Waals surface area contributed by atoms with E-state index in [1.165, 1.54) is 4.90 Å². The van der Waals surface area contributed by atoms with Crippen LogP contribution in [0.3, 0.4) is 0 Å². The summed E-state index contributed by atoms with van der Waals surface area (Å²) in [6, 6.07) is 18.3. The maximum absolute atomic E-state index is 13.6. The fourth-order valence-electron chi connectivity index (χ4n) is 5.33. The van der Waals surface area contributed by atoms with Gasteiger partial charge in [-0.1, -0.05) is 32.0 Å². The van der Waals surface area contributed by atoms with Gasteiger partial charge in [0.25, 0.3) is 11.7 Å². The zero-order valence-corrected chi connectivity index (χ0v) is 24.6. The number of aryl methyl sites for hydroxylation is 3. The van der Waals surface area contributed by atoms with Crippen LogP contribution in [0.1, 0.15) is 61.6 Å². The number of ketones is 1. The molecule has 1 fully saturated rings. The number of rotatable bonds is 9. The van der Waals surface area contributed by atoms with E-state index in [1.54, 1.807) is 18.2 Å². The van der Waals surface area contributed by atoms with Gasteiger partial charge in [0.2, 0.25) is 0 Å². The number of benzene rings is 3. The van der Waals surface area contributed by atoms with Crippen LogP contribution in [0, 0.1) is 26.7 Å². The van der Waals surface area contributed by atoms with Crippen molar-refractivity contribution in [3.63, 3.8) is 0 Å². The Balaban J connectivity index is 1.87. The molecule has 1 N–H and O–H groups in total. The monoisotopic (exact) mass is 540 g/mol. The molecule has 1 heterocycles. The number of aliphatic hydroxyl groups is 1. The zero-order chi connectivity index (χ0) is 29.1. The fraction of sp³-hybridized carbons (Fsp3) is 0.353. The quantitative estimate of drug-likeness (QED) is 0.178. The maximum atomic E-state index is 13.6. The van der Waals surface area contributed by atoms with E-state index < -0.39 is 17.7 Å². The summed E-state index contributed by atoms with van der Waals surface area (Å²) in [6.45, 7) is 16.5. The molecule has 1 amide bonds. The lowest BCUT2D eigenvalue weighted by molar-refractivity contribution is -0.132. The molecule has 1 aliphatic heterocycles. The van der Waals surface area contributed by atoms with Crippen molar-refractivity contribution < 1.29 is 19.4 Å². The van der Waals surface area contributed by atoms with Crippen molar-refractivity contribution >= 4 is 28.8 Å². The fourth-order valence-corrected chi connectivity index (χ4v) is 5.33. The normalized spacial score (nSPS) is 16.6. The molecule has 4 rings (SSSR count). The molecule has 6 nitrogen and oxygen atoms in total. The number of amides is 1. The van der Waals surface area contributed by atoms with E-state index in [4.69, 9.17) is 4.74 Å². The van der Waals surface area contributed by atoms with Crippen molar-refractivity contribution in [1.29, 1.82) is 0 Å². The van der Waals surface area contributed by atoms with E-state index in [0.717, 1.165) is 46.8 Å². The van der Waals surface area contributed by atoms with Crippen LogP contribution in [0.4, 0.5) is 11.4 Å². The topological polar surface area (TPSA) is 70.1 Å². The van der Waals surface area contributed by atoms with Crippen LogP contribution in [-0.4, -0.2) is 36.5 Å². The van der Waals surface area contributed by atoms with Gasteiger partial charge in [-0.25, -0.2) is 0 Å². The van der Waals surface area contributed by atoms with Crippen LogP contribution in [-0.2, 0) is 9.59 Å². The molecule has 3 aromatic carbocycles. The lowest BCUT2D eigenvalue weighted by atomic mass is 9.94. The molecule has 0 saturated carbocycles. The minimum atomic E-state index is -0.774. The first kappa shape index (κ1) is 28.9. The molecule has 0 bridgehead atoms. The zero-order valence-electron chi connectivity index (χ0n) is 24.6. The minimum Gasteiger partial charge on any atom is -0.507 e. The molecule has 0 radical (unpaired) electrons. The molecule has 1 saturated heterocycles. The van der Waals surface area contributed by atoms with E-state index >= 15 is 0 Å². The van der Waals surface area contributed by atoms with Crippen molar-refractivity contribution in [3.8, 4) is 5.75 Å². The Hall–Kier alpha value is -4.06. The third-order valence-electron chi connectivity index (χ3n) is 7.29. The Labute approximate surface area is 237 Å². The summed E-state index contributed by atoms with van der Waals surface area (Å²) < 4.78 is 5.90. The SMILES string of the molecule is CCN(CC)c1ccc(C2/C(=C(/O)c3ccc(OCC(C)C)c(C)c3)C(=O)C(=O)N2c2cc(C)cc(C)c2)cc1. The number of Topliss-reactive ketones (excluding diaryl/α,β-unsaturated/α-hetero) is 1. The molecular weight excluding hydrogens is 500 g/mol. The van der Waals surface area contributed by atoms with Gasteiger partial charge in [0.05, 0.1) is 18.2 Å². The highest BCUT2D eigenvalue weighted by molar-refractivity contribution is 6.51. The van der Waals surface area contributed by atoms with Crippen LogP contribution in [0.15, 0.2) is 66.2 Å². The summed E-state index contributed by atoms with van der Waals surface area (Å²) in [5, 5.41) is 11.6. The molecular formula is C34H40N2O4. The van der Waals surface area contributed by atoms with E-state index in [1.807, 2.05) is 63.2 Å². The lowest BCUT2D eigenvalue weighted by Gasteiger charge is -2.27. The van der Waals surface area contributed by atoms with Gasteiger partial charge in [0.15, 0.2) is 0 Å². The van der Waals surface area contributed by atoms with Gasteiger partial charge in [-0.2, -0.15) is 0 Å². The largest absolute Gasteiger partial charge is 0.507 e. The van der Waals surface area contributed by atoms with E-state index in [9.17, 15) is 14.7 Å². The number of ether oxygens (including phenoxy) is 1. The predicted molar refractivity (Wildman–Crippen MR) is 162 cm³/mol. The van der Waals surface area contributed by atoms with Gasteiger partial charge in [-0.3, -0.25) is 14.5 Å². The molecule has 40 heavy (non-hydrogen) atoms. The van der Waals surface area contributed by atoms with E-state index in [-0.39, 0.29) is 11.3 Å². The Morgan fingerprint density at radius 2 is 1.55 bits per heavy atom. The molecule has 1 atom stereocenters. The predicted octanol–water partition coefficient (Wildman–Crippen LogP) is 7.12.